The van der Waals surface area contributed by atoms with E-state index in [0.29, 0.717) is 24.7 Å². The molecule has 0 spiro atoms. The molecule has 2 atom stereocenters. The van der Waals surface area contributed by atoms with Gasteiger partial charge in [-0.3, -0.25) is 0 Å². The van der Waals surface area contributed by atoms with Gasteiger partial charge in [-0.15, -0.1) is 0 Å². The third kappa shape index (κ3) is 3.29. The maximum absolute atomic E-state index is 10.0. The van der Waals surface area contributed by atoms with Crippen molar-refractivity contribution in [3.05, 3.63) is 11.7 Å². The van der Waals surface area contributed by atoms with E-state index in [1.807, 2.05) is 20.8 Å². The van der Waals surface area contributed by atoms with E-state index >= 15 is 0 Å². The Kier molecular flexibility index (Phi) is 4.02. The van der Waals surface area contributed by atoms with Crippen molar-refractivity contribution >= 4 is 0 Å². The second-order valence-electron chi connectivity index (χ2n) is 6.05. The third-order valence-corrected chi connectivity index (χ3v) is 3.38. The van der Waals surface area contributed by atoms with Crippen molar-refractivity contribution in [1.29, 1.82) is 0 Å². The second-order valence-corrected chi connectivity index (χ2v) is 6.05. The van der Waals surface area contributed by atoms with E-state index in [9.17, 15) is 5.11 Å². The van der Waals surface area contributed by atoms with E-state index in [1.165, 1.54) is 0 Å². The van der Waals surface area contributed by atoms with Gasteiger partial charge in [-0.05, 0) is 18.3 Å². The normalized spacial score (nSPS) is 23.0. The lowest BCUT2D eigenvalue weighted by molar-refractivity contribution is 0.0565. The zero-order valence-corrected chi connectivity index (χ0v) is 11.3. The van der Waals surface area contributed by atoms with Gasteiger partial charge >= 0.3 is 0 Å². The summed E-state index contributed by atoms with van der Waals surface area (Å²) in [6.45, 7) is 7.46. The summed E-state index contributed by atoms with van der Waals surface area (Å²) in [6.07, 6.45) is 2.01. The standard InChI is InChI=1S/C13H22N2O3/c1-13(2,3)10(16)7-11-14-12(15-18-11)9-5-4-6-17-8-9/h9-10,16H,4-8H2,1-3H3. The first kappa shape index (κ1) is 13.5. The minimum atomic E-state index is -0.478. The number of aliphatic hydroxyl groups is 1. The molecule has 2 heterocycles. The summed E-state index contributed by atoms with van der Waals surface area (Å²) in [5.41, 5.74) is -0.178. The minimum absolute atomic E-state index is 0.178. The third-order valence-electron chi connectivity index (χ3n) is 3.38. The summed E-state index contributed by atoms with van der Waals surface area (Å²) in [4.78, 5) is 4.37. The maximum atomic E-state index is 10.0. The number of nitrogens with zero attached hydrogens (tertiary/aromatic N) is 2. The molecule has 18 heavy (non-hydrogen) atoms. The van der Waals surface area contributed by atoms with Crippen molar-refractivity contribution in [1.82, 2.24) is 10.1 Å². The van der Waals surface area contributed by atoms with Crippen molar-refractivity contribution in [2.45, 2.75) is 52.1 Å². The Bertz CT molecular complexity index is 378. The molecule has 2 unspecified atom stereocenters. The molecule has 0 aliphatic carbocycles. The van der Waals surface area contributed by atoms with Crippen LogP contribution < -0.4 is 0 Å². The van der Waals surface area contributed by atoms with Crippen LogP contribution in [0.15, 0.2) is 4.52 Å². The molecule has 5 nitrogen and oxygen atoms in total. The van der Waals surface area contributed by atoms with Crippen LogP contribution in [-0.4, -0.2) is 34.6 Å². The van der Waals surface area contributed by atoms with Crippen molar-refractivity contribution < 1.29 is 14.4 Å². The Morgan fingerprint density at radius 3 is 2.83 bits per heavy atom. The molecule has 1 aliphatic heterocycles. The van der Waals surface area contributed by atoms with Crippen LogP contribution in [-0.2, 0) is 11.2 Å². The summed E-state index contributed by atoms with van der Waals surface area (Å²) in [6, 6.07) is 0. The van der Waals surface area contributed by atoms with Gasteiger partial charge in [0.1, 0.15) is 0 Å². The smallest absolute Gasteiger partial charge is 0.229 e. The number of rotatable bonds is 3. The monoisotopic (exact) mass is 254 g/mol. The predicted octanol–water partition coefficient (Wildman–Crippen LogP) is 1.91. The fraction of sp³-hybridized carbons (Fsp3) is 0.846. The van der Waals surface area contributed by atoms with E-state index in [4.69, 9.17) is 9.26 Å². The largest absolute Gasteiger partial charge is 0.392 e. The molecule has 102 valence electrons. The Labute approximate surface area is 108 Å². The molecule has 5 heteroatoms. The maximum Gasteiger partial charge on any atom is 0.229 e. The summed E-state index contributed by atoms with van der Waals surface area (Å²) in [5, 5.41) is 14.0. The zero-order chi connectivity index (χ0) is 13.2. The molecule has 1 aromatic heterocycles. The van der Waals surface area contributed by atoms with Gasteiger partial charge in [0.05, 0.1) is 19.1 Å². The van der Waals surface area contributed by atoms with Crippen LogP contribution in [0.4, 0.5) is 0 Å². The Morgan fingerprint density at radius 1 is 1.44 bits per heavy atom. The average Bonchev–Trinajstić information content (AvgIpc) is 2.77. The van der Waals surface area contributed by atoms with E-state index < -0.39 is 6.10 Å². The first-order valence-electron chi connectivity index (χ1n) is 6.55. The van der Waals surface area contributed by atoms with Crippen molar-refractivity contribution in [3.8, 4) is 0 Å². The lowest BCUT2D eigenvalue weighted by Crippen LogP contribution is -2.28. The number of hydrogen-bond acceptors (Lipinski definition) is 5. The van der Waals surface area contributed by atoms with Crippen LogP contribution in [0.1, 0.15) is 51.2 Å². The molecule has 0 radical (unpaired) electrons. The molecule has 1 aliphatic rings. The molecular weight excluding hydrogens is 232 g/mol. The second kappa shape index (κ2) is 5.36. The van der Waals surface area contributed by atoms with Crippen LogP contribution in [0.25, 0.3) is 0 Å². The van der Waals surface area contributed by atoms with Crippen molar-refractivity contribution in [2.24, 2.45) is 5.41 Å². The van der Waals surface area contributed by atoms with Gasteiger partial charge in [-0.1, -0.05) is 25.9 Å². The first-order chi connectivity index (χ1) is 8.47. The van der Waals surface area contributed by atoms with Gasteiger partial charge in [0.15, 0.2) is 5.82 Å². The number of aliphatic hydroxyl groups excluding tert-OH is 1. The quantitative estimate of drug-likeness (QED) is 0.892. The molecule has 1 N–H and O–H groups in total. The summed E-state index contributed by atoms with van der Waals surface area (Å²) >= 11 is 0. The van der Waals surface area contributed by atoms with Gasteiger partial charge < -0.3 is 14.4 Å². The topological polar surface area (TPSA) is 68.4 Å². The van der Waals surface area contributed by atoms with Crippen LogP contribution in [0, 0.1) is 5.41 Å². The van der Waals surface area contributed by atoms with Crippen molar-refractivity contribution in [2.75, 3.05) is 13.2 Å². The lowest BCUT2D eigenvalue weighted by atomic mass is 9.87. The van der Waals surface area contributed by atoms with Gasteiger partial charge in [-0.25, -0.2) is 0 Å². The van der Waals surface area contributed by atoms with Crippen LogP contribution in [0.3, 0.4) is 0 Å². The molecule has 0 aromatic carbocycles. The van der Waals surface area contributed by atoms with E-state index in [2.05, 4.69) is 10.1 Å². The van der Waals surface area contributed by atoms with Crippen LogP contribution >= 0.6 is 0 Å². The Morgan fingerprint density at radius 2 is 2.22 bits per heavy atom. The van der Waals surface area contributed by atoms with Gasteiger partial charge in [-0.2, -0.15) is 4.98 Å². The molecule has 0 bridgehead atoms. The SMILES string of the molecule is CC(C)(C)C(O)Cc1nc(C2CCCOC2)no1. The molecular formula is C13H22N2O3. The van der Waals surface area contributed by atoms with Gasteiger partial charge in [0, 0.05) is 12.5 Å². The summed E-state index contributed by atoms with van der Waals surface area (Å²) in [7, 11) is 0. The van der Waals surface area contributed by atoms with Crippen LogP contribution in [0.2, 0.25) is 0 Å². The molecule has 0 amide bonds. The Balaban J connectivity index is 1.97. The fourth-order valence-electron chi connectivity index (χ4n) is 1.93. The highest BCUT2D eigenvalue weighted by molar-refractivity contribution is 4.98. The minimum Gasteiger partial charge on any atom is -0.392 e. The predicted molar refractivity (Wildman–Crippen MR) is 66.3 cm³/mol. The van der Waals surface area contributed by atoms with Gasteiger partial charge in [0.2, 0.25) is 5.89 Å². The molecule has 1 fully saturated rings. The van der Waals surface area contributed by atoms with Gasteiger partial charge in [0.25, 0.3) is 0 Å². The van der Waals surface area contributed by atoms with E-state index in [-0.39, 0.29) is 11.3 Å². The van der Waals surface area contributed by atoms with E-state index in [1.54, 1.807) is 0 Å². The highest BCUT2D eigenvalue weighted by atomic mass is 16.5. The number of hydrogen-bond donors (Lipinski definition) is 1. The summed E-state index contributed by atoms with van der Waals surface area (Å²) < 4.78 is 10.6. The fourth-order valence-corrected chi connectivity index (χ4v) is 1.93. The molecule has 1 aromatic rings. The van der Waals surface area contributed by atoms with E-state index in [0.717, 1.165) is 19.4 Å². The molecule has 0 saturated carbocycles. The zero-order valence-electron chi connectivity index (χ0n) is 11.3. The first-order valence-corrected chi connectivity index (χ1v) is 6.55. The average molecular weight is 254 g/mol. The number of aromatic nitrogens is 2. The van der Waals surface area contributed by atoms with Crippen LogP contribution in [0.5, 0.6) is 0 Å². The van der Waals surface area contributed by atoms with Crippen molar-refractivity contribution in [3.63, 3.8) is 0 Å². The molecule has 1 saturated heterocycles. The highest BCUT2D eigenvalue weighted by Crippen LogP contribution is 2.25. The molecule has 2 rings (SSSR count). The highest BCUT2D eigenvalue weighted by Gasteiger charge is 2.26. The number of ether oxygens (including phenoxy) is 1. The summed E-state index contributed by atoms with van der Waals surface area (Å²) in [5.74, 6) is 1.46. The Hall–Kier alpha value is -0.940. The lowest BCUT2D eigenvalue weighted by Gasteiger charge is -2.24.